The molecule has 0 spiro atoms. The lowest BCUT2D eigenvalue weighted by atomic mass is 10.2. The van der Waals surface area contributed by atoms with E-state index in [1.807, 2.05) is 30.3 Å². The lowest BCUT2D eigenvalue weighted by molar-refractivity contribution is 0.108. The molecule has 0 saturated carbocycles. The zero-order valence-corrected chi connectivity index (χ0v) is 9.21. The molecule has 3 heteroatoms. The smallest absolute Gasteiger partial charge is 0.227 e. The number of thioether (sulfide) groups is 1. The fourth-order valence-corrected chi connectivity index (χ4v) is 2.06. The Bertz CT molecular complexity index is 496. The fraction of sp³-hybridized carbons (Fsp3) is 0. The van der Waals surface area contributed by atoms with Crippen LogP contribution in [0.1, 0.15) is 10.4 Å². The number of hydrogen-bond acceptors (Lipinski definition) is 2. The van der Waals surface area contributed by atoms with E-state index in [0.29, 0.717) is 0 Å². The van der Waals surface area contributed by atoms with Crippen LogP contribution in [0.5, 0.6) is 0 Å². The van der Waals surface area contributed by atoms with E-state index >= 15 is 0 Å². The predicted molar refractivity (Wildman–Crippen MR) is 63.0 cm³/mol. The average molecular weight is 232 g/mol. The second kappa shape index (κ2) is 4.94. The van der Waals surface area contributed by atoms with E-state index in [2.05, 4.69) is 0 Å². The lowest BCUT2D eigenvalue weighted by Gasteiger charge is -2.01. The van der Waals surface area contributed by atoms with Crippen LogP contribution < -0.4 is 0 Å². The van der Waals surface area contributed by atoms with Gasteiger partial charge in [0.05, 0.1) is 5.56 Å². The Morgan fingerprint density at radius 2 is 1.56 bits per heavy atom. The van der Waals surface area contributed by atoms with E-state index in [1.165, 1.54) is 12.1 Å². The highest BCUT2D eigenvalue weighted by molar-refractivity contribution is 8.14. The third kappa shape index (κ3) is 2.49. The van der Waals surface area contributed by atoms with E-state index in [-0.39, 0.29) is 10.7 Å². The van der Waals surface area contributed by atoms with Crippen LogP contribution in [0.3, 0.4) is 0 Å². The Hall–Kier alpha value is -1.61. The topological polar surface area (TPSA) is 17.1 Å². The van der Waals surface area contributed by atoms with Gasteiger partial charge < -0.3 is 0 Å². The summed E-state index contributed by atoms with van der Waals surface area (Å²) in [5.74, 6) is -0.476. The van der Waals surface area contributed by atoms with Crippen LogP contribution in [-0.4, -0.2) is 5.12 Å². The quantitative estimate of drug-likeness (QED) is 0.733. The SMILES string of the molecule is O=C(Sc1ccccc1)c1ccccc1F. The van der Waals surface area contributed by atoms with E-state index in [9.17, 15) is 9.18 Å². The van der Waals surface area contributed by atoms with Gasteiger partial charge in [-0.25, -0.2) is 4.39 Å². The maximum absolute atomic E-state index is 13.3. The molecule has 0 bridgehead atoms. The molecule has 80 valence electrons. The zero-order valence-electron chi connectivity index (χ0n) is 8.39. The van der Waals surface area contributed by atoms with Gasteiger partial charge >= 0.3 is 0 Å². The molecule has 0 N–H and O–H groups in total. The van der Waals surface area contributed by atoms with Crippen LogP contribution in [0.4, 0.5) is 4.39 Å². The molecule has 0 unspecified atom stereocenters. The second-order valence-electron chi connectivity index (χ2n) is 3.18. The molecule has 0 atom stereocenters. The van der Waals surface area contributed by atoms with Crippen molar-refractivity contribution in [2.45, 2.75) is 4.90 Å². The molecule has 0 aliphatic heterocycles. The van der Waals surface area contributed by atoms with Gasteiger partial charge in [0.15, 0.2) is 0 Å². The fourth-order valence-electron chi connectivity index (χ4n) is 1.28. The first-order chi connectivity index (χ1) is 7.77. The van der Waals surface area contributed by atoms with Gasteiger partial charge in [0.2, 0.25) is 5.12 Å². The first-order valence-electron chi connectivity index (χ1n) is 4.79. The molecule has 2 aromatic carbocycles. The summed E-state index contributed by atoms with van der Waals surface area (Å²) in [5.41, 5.74) is 0.122. The average Bonchev–Trinajstić information content (AvgIpc) is 2.31. The second-order valence-corrected chi connectivity index (χ2v) is 4.23. The van der Waals surface area contributed by atoms with Crippen molar-refractivity contribution >= 4 is 16.9 Å². The molecule has 0 saturated heterocycles. The summed E-state index contributed by atoms with van der Waals surface area (Å²) in [4.78, 5) is 12.6. The Kier molecular flexibility index (Phi) is 3.37. The summed E-state index contributed by atoms with van der Waals surface area (Å²) >= 11 is 1.03. The van der Waals surface area contributed by atoms with Crippen LogP contribution in [0, 0.1) is 5.82 Å². The van der Waals surface area contributed by atoms with E-state index in [4.69, 9.17) is 0 Å². The maximum Gasteiger partial charge on any atom is 0.227 e. The highest BCUT2D eigenvalue weighted by Gasteiger charge is 2.11. The Morgan fingerprint density at radius 3 is 2.25 bits per heavy atom. The monoisotopic (exact) mass is 232 g/mol. The summed E-state index contributed by atoms with van der Waals surface area (Å²) < 4.78 is 13.3. The summed E-state index contributed by atoms with van der Waals surface area (Å²) in [5, 5.41) is -0.274. The normalized spacial score (nSPS) is 10.1. The Labute approximate surface area is 97.3 Å². The molecule has 2 aromatic rings. The Morgan fingerprint density at radius 1 is 0.938 bits per heavy atom. The van der Waals surface area contributed by atoms with Crippen molar-refractivity contribution in [1.29, 1.82) is 0 Å². The summed E-state index contributed by atoms with van der Waals surface area (Å²) in [6.07, 6.45) is 0. The maximum atomic E-state index is 13.3. The number of carbonyl (C=O) groups excluding carboxylic acids is 1. The van der Waals surface area contributed by atoms with Gasteiger partial charge in [-0.1, -0.05) is 30.3 Å². The number of carbonyl (C=O) groups is 1. The molecule has 1 nitrogen and oxygen atoms in total. The van der Waals surface area contributed by atoms with Crippen LogP contribution in [0.25, 0.3) is 0 Å². The van der Waals surface area contributed by atoms with Crippen LogP contribution in [0.15, 0.2) is 59.5 Å². The van der Waals surface area contributed by atoms with Gasteiger partial charge in [-0.05, 0) is 36.0 Å². The van der Waals surface area contributed by atoms with E-state index in [0.717, 1.165) is 16.7 Å². The molecule has 0 aromatic heterocycles. The minimum Gasteiger partial charge on any atom is -0.281 e. The van der Waals surface area contributed by atoms with Crippen molar-refractivity contribution in [3.05, 3.63) is 66.0 Å². The molecule has 0 aliphatic carbocycles. The molecule has 0 amide bonds. The van der Waals surface area contributed by atoms with Gasteiger partial charge in [-0.15, -0.1) is 0 Å². The van der Waals surface area contributed by atoms with Gasteiger partial charge in [-0.3, -0.25) is 4.79 Å². The van der Waals surface area contributed by atoms with Gasteiger partial charge in [0, 0.05) is 4.90 Å². The van der Waals surface area contributed by atoms with Gasteiger partial charge in [0.1, 0.15) is 5.82 Å². The van der Waals surface area contributed by atoms with Crippen LogP contribution in [-0.2, 0) is 0 Å². The van der Waals surface area contributed by atoms with Crippen molar-refractivity contribution in [1.82, 2.24) is 0 Å². The zero-order chi connectivity index (χ0) is 11.4. The summed E-state index contributed by atoms with van der Waals surface area (Å²) in [6, 6.07) is 15.2. The van der Waals surface area contributed by atoms with E-state index < -0.39 is 5.82 Å². The third-order valence-corrected chi connectivity index (χ3v) is 2.96. The largest absolute Gasteiger partial charge is 0.281 e. The molecular weight excluding hydrogens is 223 g/mol. The number of benzene rings is 2. The predicted octanol–water partition coefficient (Wildman–Crippen LogP) is 3.76. The molecule has 0 heterocycles. The van der Waals surface area contributed by atoms with Crippen LogP contribution in [0.2, 0.25) is 0 Å². The highest BCUT2D eigenvalue weighted by atomic mass is 32.2. The standard InChI is InChI=1S/C13H9FOS/c14-12-9-5-4-8-11(12)13(15)16-10-6-2-1-3-7-10/h1-9H. The summed E-state index contributed by atoms with van der Waals surface area (Å²) in [7, 11) is 0. The lowest BCUT2D eigenvalue weighted by Crippen LogP contribution is -1.96. The molecule has 16 heavy (non-hydrogen) atoms. The number of hydrogen-bond donors (Lipinski definition) is 0. The highest BCUT2D eigenvalue weighted by Crippen LogP contribution is 2.23. The Balaban J connectivity index is 2.19. The minimum absolute atomic E-state index is 0.122. The third-order valence-electron chi connectivity index (χ3n) is 2.05. The molecule has 0 fully saturated rings. The van der Waals surface area contributed by atoms with Gasteiger partial charge in [-0.2, -0.15) is 0 Å². The minimum atomic E-state index is -0.476. The first kappa shape index (κ1) is 10.9. The van der Waals surface area contributed by atoms with Crippen molar-refractivity contribution in [3.8, 4) is 0 Å². The van der Waals surface area contributed by atoms with E-state index in [1.54, 1.807) is 12.1 Å². The van der Waals surface area contributed by atoms with Crippen molar-refractivity contribution in [2.75, 3.05) is 0 Å². The number of rotatable bonds is 2. The molecule has 2 rings (SSSR count). The van der Waals surface area contributed by atoms with Gasteiger partial charge in [0.25, 0.3) is 0 Å². The van der Waals surface area contributed by atoms with Crippen molar-refractivity contribution < 1.29 is 9.18 Å². The van der Waals surface area contributed by atoms with Crippen LogP contribution >= 0.6 is 11.8 Å². The number of halogens is 1. The van der Waals surface area contributed by atoms with Crippen molar-refractivity contribution in [3.63, 3.8) is 0 Å². The van der Waals surface area contributed by atoms with Crippen molar-refractivity contribution in [2.24, 2.45) is 0 Å². The molecule has 0 radical (unpaired) electrons. The molecular formula is C13H9FOS. The first-order valence-corrected chi connectivity index (χ1v) is 5.61. The molecule has 0 aliphatic rings. The summed E-state index contributed by atoms with van der Waals surface area (Å²) in [6.45, 7) is 0.